The predicted octanol–water partition coefficient (Wildman–Crippen LogP) is -0.262. The van der Waals surface area contributed by atoms with Crippen LogP contribution < -0.4 is 0 Å². The van der Waals surface area contributed by atoms with Crippen molar-refractivity contribution in [3.8, 4) is 0 Å². The predicted molar refractivity (Wildman–Crippen MR) is 29.8 cm³/mol. The molecule has 0 saturated carbocycles. The Morgan fingerprint density at radius 1 is 1.56 bits per heavy atom. The van der Waals surface area contributed by atoms with Crippen molar-refractivity contribution >= 4 is 0 Å². The molecule has 2 saturated heterocycles. The lowest BCUT2D eigenvalue weighted by atomic mass is 10.0. The maximum atomic E-state index is 9.28. The Bertz CT molecular complexity index is 123. The highest BCUT2D eigenvalue weighted by Crippen LogP contribution is 2.34. The van der Waals surface area contributed by atoms with E-state index < -0.39 is 0 Å². The SMILES string of the molecule is CC1COC2OC2C1O. The molecule has 2 aliphatic heterocycles. The molecule has 0 radical (unpaired) electrons. The van der Waals surface area contributed by atoms with Crippen LogP contribution in [0.25, 0.3) is 0 Å². The standard InChI is InChI=1S/C6H10O3/c1-3-2-8-6-5(9-6)4(3)7/h3-7H,2H2,1H3. The highest BCUT2D eigenvalue weighted by Gasteiger charge is 2.51. The molecular formula is C6H10O3. The zero-order valence-corrected chi connectivity index (χ0v) is 5.28. The summed E-state index contributed by atoms with van der Waals surface area (Å²) in [7, 11) is 0. The van der Waals surface area contributed by atoms with Crippen molar-refractivity contribution in [2.75, 3.05) is 6.61 Å². The molecule has 0 aromatic heterocycles. The normalized spacial score (nSPS) is 56.7. The summed E-state index contributed by atoms with van der Waals surface area (Å²) in [5.41, 5.74) is 0. The van der Waals surface area contributed by atoms with Crippen molar-refractivity contribution in [2.24, 2.45) is 5.92 Å². The second-order valence-corrected chi connectivity index (χ2v) is 2.77. The summed E-state index contributed by atoms with van der Waals surface area (Å²) in [6.45, 7) is 2.59. The quantitative estimate of drug-likeness (QED) is 0.459. The summed E-state index contributed by atoms with van der Waals surface area (Å²) in [5.74, 6) is 0.230. The summed E-state index contributed by atoms with van der Waals surface area (Å²) in [6, 6.07) is 0. The van der Waals surface area contributed by atoms with Gasteiger partial charge < -0.3 is 14.6 Å². The van der Waals surface area contributed by atoms with E-state index in [0.29, 0.717) is 6.61 Å². The zero-order valence-electron chi connectivity index (χ0n) is 5.28. The van der Waals surface area contributed by atoms with Gasteiger partial charge in [0, 0.05) is 5.92 Å². The van der Waals surface area contributed by atoms with Crippen LogP contribution in [0.5, 0.6) is 0 Å². The van der Waals surface area contributed by atoms with E-state index in [1.54, 1.807) is 0 Å². The Hall–Kier alpha value is -0.120. The van der Waals surface area contributed by atoms with Crippen molar-refractivity contribution < 1.29 is 14.6 Å². The molecule has 0 spiro atoms. The van der Waals surface area contributed by atoms with E-state index in [0.717, 1.165) is 0 Å². The number of hydrogen-bond donors (Lipinski definition) is 1. The lowest BCUT2D eigenvalue weighted by molar-refractivity contribution is -0.0221. The third kappa shape index (κ3) is 0.764. The smallest absolute Gasteiger partial charge is 0.187 e. The third-order valence-electron chi connectivity index (χ3n) is 1.93. The summed E-state index contributed by atoms with van der Waals surface area (Å²) in [5, 5.41) is 9.28. The van der Waals surface area contributed by atoms with Gasteiger partial charge in [-0.05, 0) is 0 Å². The summed E-state index contributed by atoms with van der Waals surface area (Å²) < 4.78 is 10.1. The molecule has 4 atom stereocenters. The lowest BCUT2D eigenvalue weighted by Crippen LogP contribution is -2.34. The van der Waals surface area contributed by atoms with E-state index in [1.807, 2.05) is 6.92 Å². The molecule has 2 fully saturated rings. The van der Waals surface area contributed by atoms with Gasteiger partial charge in [-0.15, -0.1) is 0 Å². The van der Waals surface area contributed by atoms with Crippen LogP contribution in [0.2, 0.25) is 0 Å². The summed E-state index contributed by atoms with van der Waals surface area (Å²) in [6.07, 6.45) is -0.409. The molecule has 2 heterocycles. The highest BCUT2D eigenvalue weighted by atomic mass is 16.8. The van der Waals surface area contributed by atoms with E-state index in [1.165, 1.54) is 0 Å². The van der Waals surface area contributed by atoms with Crippen molar-refractivity contribution in [2.45, 2.75) is 25.4 Å². The average Bonchev–Trinajstić information content (AvgIpc) is 2.58. The monoisotopic (exact) mass is 130 g/mol. The Kier molecular flexibility index (Phi) is 1.06. The maximum absolute atomic E-state index is 9.28. The van der Waals surface area contributed by atoms with Gasteiger partial charge in [-0.3, -0.25) is 0 Å². The van der Waals surface area contributed by atoms with Crippen LogP contribution in [0, 0.1) is 5.92 Å². The maximum Gasteiger partial charge on any atom is 0.187 e. The molecule has 0 aromatic carbocycles. The molecule has 2 rings (SSSR count). The first-order valence-corrected chi connectivity index (χ1v) is 3.24. The van der Waals surface area contributed by atoms with Gasteiger partial charge >= 0.3 is 0 Å². The minimum Gasteiger partial charge on any atom is -0.390 e. The first-order valence-electron chi connectivity index (χ1n) is 3.24. The van der Waals surface area contributed by atoms with E-state index in [-0.39, 0.29) is 24.4 Å². The van der Waals surface area contributed by atoms with Crippen molar-refractivity contribution in [3.63, 3.8) is 0 Å². The largest absolute Gasteiger partial charge is 0.390 e. The van der Waals surface area contributed by atoms with Crippen molar-refractivity contribution in [1.82, 2.24) is 0 Å². The molecule has 52 valence electrons. The van der Waals surface area contributed by atoms with Gasteiger partial charge in [-0.2, -0.15) is 0 Å². The van der Waals surface area contributed by atoms with Crippen LogP contribution in [-0.2, 0) is 9.47 Å². The first-order chi connectivity index (χ1) is 4.29. The Balaban J connectivity index is 2.02. The van der Waals surface area contributed by atoms with Gasteiger partial charge in [0.2, 0.25) is 0 Å². The molecular weight excluding hydrogens is 120 g/mol. The number of hydrogen-bond acceptors (Lipinski definition) is 3. The number of aliphatic hydroxyl groups is 1. The van der Waals surface area contributed by atoms with Crippen LogP contribution >= 0.6 is 0 Å². The Morgan fingerprint density at radius 3 is 3.00 bits per heavy atom. The summed E-state index contributed by atoms with van der Waals surface area (Å²) >= 11 is 0. The Morgan fingerprint density at radius 2 is 2.33 bits per heavy atom. The van der Waals surface area contributed by atoms with Crippen LogP contribution in [0.1, 0.15) is 6.92 Å². The number of ether oxygens (including phenoxy) is 2. The van der Waals surface area contributed by atoms with E-state index in [4.69, 9.17) is 9.47 Å². The second-order valence-electron chi connectivity index (χ2n) is 2.77. The molecule has 1 N–H and O–H groups in total. The van der Waals surface area contributed by atoms with E-state index >= 15 is 0 Å². The zero-order chi connectivity index (χ0) is 6.43. The number of fused-ring (bicyclic) bond motifs is 1. The average molecular weight is 130 g/mol. The van der Waals surface area contributed by atoms with Crippen LogP contribution in [-0.4, -0.2) is 30.2 Å². The van der Waals surface area contributed by atoms with Crippen molar-refractivity contribution in [3.05, 3.63) is 0 Å². The van der Waals surface area contributed by atoms with Gasteiger partial charge in [-0.1, -0.05) is 6.92 Å². The molecule has 9 heavy (non-hydrogen) atoms. The van der Waals surface area contributed by atoms with Crippen LogP contribution in [0.3, 0.4) is 0 Å². The Labute approximate surface area is 53.6 Å². The molecule has 4 unspecified atom stereocenters. The lowest BCUT2D eigenvalue weighted by Gasteiger charge is -2.19. The van der Waals surface area contributed by atoms with Gasteiger partial charge in [0.25, 0.3) is 0 Å². The molecule has 3 heteroatoms. The second kappa shape index (κ2) is 1.68. The molecule has 3 nitrogen and oxygen atoms in total. The third-order valence-corrected chi connectivity index (χ3v) is 1.93. The van der Waals surface area contributed by atoms with E-state index in [2.05, 4.69) is 0 Å². The van der Waals surface area contributed by atoms with Gasteiger partial charge in [-0.25, -0.2) is 0 Å². The molecule has 2 aliphatic rings. The fourth-order valence-corrected chi connectivity index (χ4v) is 1.15. The van der Waals surface area contributed by atoms with Crippen LogP contribution in [0.4, 0.5) is 0 Å². The van der Waals surface area contributed by atoms with Crippen molar-refractivity contribution in [1.29, 1.82) is 0 Å². The highest BCUT2D eigenvalue weighted by molar-refractivity contribution is 4.91. The fraction of sp³-hybridized carbons (Fsp3) is 1.00. The van der Waals surface area contributed by atoms with Crippen LogP contribution in [0.15, 0.2) is 0 Å². The minimum absolute atomic E-state index is 0.0197. The van der Waals surface area contributed by atoms with Gasteiger partial charge in [0.1, 0.15) is 6.10 Å². The van der Waals surface area contributed by atoms with Gasteiger partial charge in [0.05, 0.1) is 12.7 Å². The number of epoxide rings is 1. The topological polar surface area (TPSA) is 42.0 Å². The number of rotatable bonds is 0. The number of aliphatic hydroxyl groups excluding tert-OH is 1. The fourth-order valence-electron chi connectivity index (χ4n) is 1.15. The molecule has 0 amide bonds. The van der Waals surface area contributed by atoms with Gasteiger partial charge in [0.15, 0.2) is 6.29 Å². The summed E-state index contributed by atoms with van der Waals surface area (Å²) in [4.78, 5) is 0. The minimum atomic E-state index is -0.302. The van der Waals surface area contributed by atoms with E-state index in [9.17, 15) is 5.11 Å². The molecule has 0 aromatic rings. The first kappa shape index (κ1) is 5.65. The molecule has 0 aliphatic carbocycles. The molecule has 0 bridgehead atoms.